The first-order valence-electron chi connectivity index (χ1n) is 9.14. The monoisotopic (exact) mass is 407 g/mol. The number of amides is 1. The molecule has 1 fully saturated rings. The zero-order valence-electron chi connectivity index (χ0n) is 15.8. The van der Waals surface area contributed by atoms with Gasteiger partial charge in [0.15, 0.2) is 0 Å². The molecule has 154 valence electrons. The van der Waals surface area contributed by atoms with Crippen LogP contribution in [0.15, 0.2) is 42.6 Å². The fraction of sp³-hybridized carbons (Fsp3) is 0.350. The summed E-state index contributed by atoms with van der Waals surface area (Å²) in [5, 5.41) is 0. The Hall–Kier alpha value is -3.10. The molecule has 1 amide bonds. The van der Waals surface area contributed by atoms with Gasteiger partial charge in [-0.3, -0.25) is 4.79 Å². The minimum Gasteiger partial charge on any atom is -0.462 e. The Bertz CT molecular complexity index is 859. The van der Waals surface area contributed by atoms with E-state index in [0.29, 0.717) is 37.6 Å². The van der Waals surface area contributed by atoms with Crippen LogP contribution in [0.3, 0.4) is 0 Å². The van der Waals surface area contributed by atoms with Gasteiger partial charge in [0.05, 0.1) is 17.7 Å². The van der Waals surface area contributed by atoms with E-state index in [2.05, 4.69) is 4.98 Å². The minimum atomic E-state index is -4.43. The second-order valence-electron chi connectivity index (χ2n) is 6.48. The van der Waals surface area contributed by atoms with Crippen LogP contribution < -0.4 is 4.90 Å². The molecule has 1 aliphatic rings. The fourth-order valence-electron chi connectivity index (χ4n) is 3.03. The van der Waals surface area contributed by atoms with E-state index < -0.39 is 17.7 Å². The summed E-state index contributed by atoms with van der Waals surface area (Å²) in [7, 11) is 0. The topological polar surface area (TPSA) is 62.7 Å². The molecule has 1 saturated heterocycles. The van der Waals surface area contributed by atoms with Crippen LogP contribution in [0.2, 0.25) is 0 Å². The van der Waals surface area contributed by atoms with Crippen molar-refractivity contribution in [3.63, 3.8) is 0 Å². The molecule has 1 aromatic heterocycles. The summed E-state index contributed by atoms with van der Waals surface area (Å²) in [6.07, 6.45) is -2.98. The third kappa shape index (κ3) is 4.85. The molecule has 2 heterocycles. The van der Waals surface area contributed by atoms with Crippen LogP contribution in [0, 0.1) is 0 Å². The normalized spacial score (nSPS) is 14.6. The predicted octanol–water partition coefficient (Wildman–Crippen LogP) is 3.24. The van der Waals surface area contributed by atoms with Gasteiger partial charge in [-0.25, -0.2) is 9.78 Å². The summed E-state index contributed by atoms with van der Waals surface area (Å²) in [6.45, 7) is 3.90. The van der Waals surface area contributed by atoms with E-state index in [-0.39, 0.29) is 18.1 Å². The van der Waals surface area contributed by atoms with E-state index in [1.807, 2.05) is 4.90 Å². The van der Waals surface area contributed by atoms with E-state index in [9.17, 15) is 22.8 Å². The average molecular weight is 407 g/mol. The highest BCUT2D eigenvalue weighted by atomic mass is 19.4. The zero-order chi connectivity index (χ0) is 21.0. The maximum absolute atomic E-state index is 12.7. The molecule has 0 radical (unpaired) electrons. The second-order valence-corrected chi connectivity index (χ2v) is 6.48. The van der Waals surface area contributed by atoms with Crippen molar-refractivity contribution in [2.24, 2.45) is 0 Å². The number of carbonyl (C=O) groups excluding carboxylic acids is 2. The smallest absolute Gasteiger partial charge is 0.416 e. The highest BCUT2D eigenvalue weighted by molar-refractivity contribution is 5.94. The molecule has 0 N–H and O–H groups in total. The molecule has 1 aromatic carbocycles. The van der Waals surface area contributed by atoms with Crippen molar-refractivity contribution in [2.75, 3.05) is 37.7 Å². The summed E-state index contributed by atoms with van der Waals surface area (Å²) < 4.78 is 42.9. The number of pyridine rings is 1. The number of ether oxygens (including phenoxy) is 1. The molecule has 2 aromatic rings. The van der Waals surface area contributed by atoms with Crippen LogP contribution in [0.25, 0.3) is 0 Å². The number of piperazine rings is 1. The Morgan fingerprint density at radius 3 is 2.14 bits per heavy atom. The molecule has 3 rings (SSSR count). The van der Waals surface area contributed by atoms with Gasteiger partial charge in [0, 0.05) is 37.9 Å². The second kappa shape index (κ2) is 8.50. The van der Waals surface area contributed by atoms with Crippen LogP contribution >= 0.6 is 0 Å². The molecule has 0 saturated carbocycles. The molecule has 0 spiro atoms. The van der Waals surface area contributed by atoms with Gasteiger partial charge in [-0.1, -0.05) is 0 Å². The van der Waals surface area contributed by atoms with Gasteiger partial charge in [-0.2, -0.15) is 13.2 Å². The molecule has 1 aliphatic heterocycles. The third-order valence-corrected chi connectivity index (χ3v) is 4.61. The molecule has 0 atom stereocenters. The van der Waals surface area contributed by atoms with Crippen molar-refractivity contribution in [3.05, 3.63) is 59.3 Å². The Morgan fingerprint density at radius 2 is 1.62 bits per heavy atom. The van der Waals surface area contributed by atoms with Crippen molar-refractivity contribution in [1.82, 2.24) is 9.88 Å². The summed E-state index contributed by atoms with van der Waals surface area (Å²) in [4.78, 5) is 32.1. The van der Waals surface area contributed by atoms with E-state index in [1.165, 1.54) is 18.3 Å². The molecule has 0 bridgehead atoms. The highest BCUT2D eigenvalue weighted by Gasteiger charge is 2.30. The minimum absolute atomic E-state index is 0.225. The van der Waals surface area contributed by atoms with Gasteiger partial charge >= 0.3 is 12.1 Å². The number of alkyl halides is 3. The number of halogens is 3. The average Bonchev–Trinajstić information content (AvgIpc) is 2.73. The van der Waals surface area contributed by atoms with Crippen LogP contribution in [-0.4, -0.2) is 54.5 Å². The number of rotatable bonds is 4. The fourth-order valence-corrected chi connectivity index (χ4v) is 3.03. The lowest BCUT2D eigenvalue weighted by atomic mass is 10.1. The maximum Gasteiger partial charge on any atom is 0.416 e. The van der Waals surface area contributed by atoms with Gasteiger partial charge in [-0.05, 0) is 43.3 Å². The van der Waals surface area contributed by atoms with Gasteiger partial charge in [0.2, 0.25) is 0 Å². The third-order valence-electron chi connectivity index (χ3n) is 4.61. The van der Waals surface area contributed by atoms with Crippen LogP contribution in [0.5, 0.6) is 0 Å². The summed E-state index contributed by atoms with van der Waals surface area (Å²) in [5.41, 5.74) is -0.189. The largest absolute Gasteiger partial charge is 0.462 e. The first-order valence-corrected chi connectivity index (χ1v) is 9.14. The number of anilines is 1. The molecule has 29 heavy (non-hydrogen) atoms. The first-order chi connectivity index (χ1) is 13.8. The highest BCUT2D eigenvalue weighted by Crippen LogP contribution is 2.29. The van der Waals surface area contributed by atoms with Gasteiger partial charge in [-0.15, -0.1) is 0 Å². The number of esters is 1. The molecular formula is C20H20F3N3O3. The van der Waals surface area contributed by atoms with Crippen molar-refractivity contribution in [1.29, 1.82) is 0 Å². The number of aromatic nitrogens is 1. The maximum atomic E-state index is 12.7. The van der Waals surface area contributed by atoms with Gasteiger partial charge in [0.1, 0.15) is 5.82 Å². The Labute approximate surface area is 165 Å². The number of carbonyl (C=O) groups is 2. The predicted molar refractivity (Wildman–Crippen MR) is 99.8 cm³/mol. The number of hydrogen-bond acceptors (Lipinski definition) is 5. The van der Waals surface area contributed by atoms with E-state index in [1.54, 1.807) is 24.0 Å². The van der Waals surface area contributed by atoms with Gasteiger partial charge in [0.25, 0.3) is 5.91 Å². The van der Waals surface area contributed by atoms with E-state index >= 15 is 0 Å². The molecule has 0 unspecified atom stereocenters. The van der Waals surface area contributed by atoms with Gasteiger partial charge < -0.3 is 14.5 Å². The number of benzene rings is 1. The Morgan fingerprint density at radius 1 is 1.00 bits per heavy atom. The standard InChI is InChI=1S/C20H20F3N3O3/c1-2-29-19(28)15-5-8-17(24-13-15)25-9-11-26(12-10-25)18(27)14-3-6-16(7-4-14)20(21,22)23/h3-8,13H,2,9-12H2,1H3. The Kier molecular flexibility index (Phi) is 6.05. The zero-order valence-corrected chi connectivity index (χ0v) is 15.8. The van der Waals surface area contributed by atoms with Crippen molar-refractivity contribution >= 4 is 17.7 Å². The first kappa shape index (κ1) is 20.6. The Balaban J connectivity index is 1.58. The van der Waals surface area contributed by atoms with Crippen LogP contribution in [0.4, 0.5) is 19.0 Å². The molecule has 9 heteroatoms. The lowest BCUT2D eigenvalue weighted by molar-refractivity contribution is -0.137. The van der Waals surface area contributed by atoms with Crippen molar-refractivity contribution in [2.45, 2.75) is 13.1 Å². The SMILES string of the molecule is CCOC(=O)c1ccc(N2CCN(C(=O)c3ccc(C(F)(F)F)cc3)CC2)nc1. The number of hydrogen-bond donors (Lipinski definition) is 0. The van der Waals surface area contributed by atoms with Crippen LogP contribution in [0.1, 0.15) is 33.2 Å². The van der Waals surface area contributed by atoms with Crippen molar-refractivity contribution in [3.8, 4) is 0 Å². The van der Waals surface area contributed by atoms with E-state index in [4.69, 9.17) is 4.74 Å². The van der Waals surface area contributed by atoms with Crippen molar-refractivity contribution < 1.29 is 27.5 Å². The summed E-state index contributed by atoms with van der Waals surface area (Å²) in [5.74, 6) is -0.0535. The van der Waals surface area contributed by atoms with Crippen LogP contribution in [-0.2, 0) is 10.9 Å². The lowest BCUT2D eigenvalue weighted by Gasteiger charge is -2.35. The summed E-state index contributed by atoms with van der Waals surface area (Å²) >= 11 is 0. The number of nitrogens with zero attached hydrogens (tertiary/aromatic N) is 3. The molecular weight excluding hydrogens is 387 g/mol. The lowest BCUT2D eigenvalue weighted by Crippen LogP contribution is -2.49. The molecule has 6 nitrogen and oxygen atoms in total. The molecule has 0 aliphatic carbocycles. The quantitative estimate of drug-likeness (QED) is 0.729. The van der Waals surface area contributed by atoms with E-state index in [0.717, 1.165) is 12.1 Å². The summed E-state index contributed by atoms with van der Waals surface area (Å²) in [6, 6.07) is 7.59.